The molecule has 7 nitrogen and oxygen atoms in total. The van der Waals surface area contributed by atoms with Gasteiger partial charge >= 0.3 is 0 Å². The lowest BCUT2D eigenvalue weighted by molar-refractivity contribution is 0.0572. The first-order valence-electron chi connectivity index (χ1n) is 10.0. The van der Waals surface area contributed by atoms with Crippen LogP contribution in [0.25, 0.3) is 11.3 Å². The first-order valence-corrected chi connectivity index (χ1v) is 10.0. The van der Waals surface area contributed by atoms with Crippen LogP contribution in [0.4, 0.5) is 5.69 Å². The molecule has 156 valence electrons. The van der Waals surface area contributed by atoms with E-state index in [-0.39, 0.29) is 11.9 Å². The summed E-state index contributed by atoms with van der Waals surface area (Å²) in [5, 5.41) is 26.9. The van der Waals surface area contributed by atoms with Crippen molar-refractivity contribution in [2.75, 3.05) is 18.0 Å². The Morgan fingerprint density at radius 2 is 1.70 bits per heavy atom. The number of hydrogen-bond donors (Lipinski definition) is 3. The van der Waals surface area contributed by atoms with E-state index in [1.165, 1.54) is 0 Å². The molecule has 30 heavy (non-hydrogen) atoms. The van der Waals surface area contributed by atoms with Crippen LogP contribution in [0, 0.1) is 0 Å². The molecule has 3 atom stereocenters. The zero-order valence-electron chi connectivity index (χ0n) is 17.1. The molecule has 2 heterocycles. The molecule has 1 aliphatic rings. The molecule has 1 aliphatic heterocycles. The van der Waals surface area contributed by atoms with Crippen molar-refractivity contribution in [3.8, 4) is 11.3 Å². The monoisotopic (exact) mass is 406 g/mol. The minimum absolute atomic E-state index is 0.184. The zero-order valence-corrected chi connectivity index (χ0v) is 17.1. The van der Waals surface area contributed by atoms with Crippen molar-refractivity contribution in [1.29, 1.82) is 0 Å². The summed E-state index contributed by atoms with van der Waals surface area (Å²) in [5.41, 5.74) is 4.13. The van der Waals surface area contributed by atoms with Crippen molar-refractivity contribution < 1.29 is 15.0 Å². The molecule has 1 saturated heterocycles. The number of aryl methyl sites for hydroxylation is 1. The molecule has 3 aromatic rings. The predicted molar refractivity (Wildman–Crippen MR) is 115 cm³/mol. The van der Waals surface area contributed by atoms with Crippen LogP contribution >= 0.6 is 0 Å². The van der Waals surface area contributed by atoms with Crippen molar-refractivity contribution in [1.82, 2.24) is 15.1 Å². The summed E-state index contributed by atoms with van der Waals surface area (Å²) in [7, 11) is 1.76. The molecule has 0 saturated carbocycles. The van der Waals surface area contributed by atoms with Crippen molar-refractivity contribution >= 4 is 11.6 Å². The summed E-state index contributed by atoms with van der Waals surface area (Å²) in [4.78, 5) is 14.8. The second-order valence-electron chi connectivity index (χ2n) is 7.73. The van der Waals surface area contributed by atoms with E-state index in [9.17, 15) is 15.0 Å². The Kier molecular flexibility index (Phi) is 5.57. The number of aromatic nitrogens is 2. The molecule has 0 radical (unpaired) electrons. The summed E-state index contributed by atoms with van der Waals surface area (Å²) in [6, 6.07) is 19.2. The molecule has 7 heteroatoms. The van der Waals surface area contributed by atoms with Gasteiger partial charge in [-0.05, 0) is 30.7 Å². The number of carbonyl (C=O) groups excluding carboxylic acids is 1. The maximum absolute atomic E-state index is 12.8. The summed E-state index contributed by atoms with van der Waals surface area (Å²) >= 11 is 0. The fourth-order valence-electron chi connectivity index (χ4n) is 3.74. The second kappa shape index (κ2) is 8.30. The average Bonchev–Trinajstić information content (AvgIpc) is 3.31. The minimum Gasteiger partial charge on any atom is -0.389 e. The molecule has 4 rings (SSSR count). The van der Waals surface area contributed by atoms with Gasteiger partial charge in [-0.2, -0.15) is 5.10 Å². The molecule has 3 N–H and O–H groups in total. The number of aliphatic hydroxyl groups excluding tert-OH is 2. The van der Waals surface area contributed by atoms with Crippen LogP contribution in [0.3, 0.4) is 0 Å². The standard InChI is InChI=1S/C23H26N4O3/c1-15(16-8-10-18(11-9-16)27-13-21(28)22(29)14-27)24-23(30)20-12-19(25-26(20)2)17-6-4-3-5-7-17/h3-12,15,21-22,28-29H,13-14H2,1-2H3,(H,24,30)/t15-,21-,22+/m1/s1. The molecular formula is C23H26N4O3. The third kappa shape index (κ3) is 4.08. The zero-order chi connectivity index (χ0) is 21.3. The largest absolute Gasteiger partial charge is 0.389 e. The number of nitrogens with zero attached hydrogens (tertiary/aromatic N) is 3. The molecule has 0 aliphatic carbocycles. The maximum Gasteiger partial charge on any atom is 0.270 e. The van der Waals surface area contributed by atoms with Crippen LogP contribution in [-0.4, -0.2) is 51.2 Å². The highest BCUT2D eigenvalue weighted by Gasteiger charge is 2.29. The molecule has 1 amide bonds. The van der Waals surface area contributed by atoms with Gasteiger partial charge < -0.3 is 20.4 Å². The van der Waals surface area contributed by atoms with Crippen molar-refractivity contribution in [2.45, 2.75) is 25.2 Å². The van der Waals surface area contributed by atoms with Crippen LogP contribution in [-0.2, 0) is 7.05 Å². The van der Waals surface area contributed by atoms with Crippen LogP contribution in [0.5, 0.6) is 0 Å². The highest BCUT2D eigenvalue weighted by Crippen LogP contribution is 2.24. The molecule has 0 bridgehead atoms. The Bertz CT molecular complexity index is 1010. The van der Waals surface area contributed by atoms with E-state index in [0.29, 0.717) is 18.8 Å². The maximum atomic E-state index is 12.8. The topological polar surface area (TPSA) is 90.6 Å². The van der Waals surface area contributed by atoms with Gasteiger partial charge in [0, 0.05) is 31.4 Å². The van der Waals surface area contributed by atoms with Gasteiger partial charge in [0.05, 0.1) is 23.9 Å². The minimum atomic E-state index is -0.720. The van der Waals surface area contributed by atoms with Gasteiger partial charge in [0.2, 0.25) is 0 Å². The van der Waals surface area contributed by atoms with Gasteiger partial charge in [-0.1, -0.05) is 42.5 Å². The number of amides is 1. The van der Waals surface area contributed by atoms with Crippen molar-refractivity contribution in [3.63, 3.8) is 0 Å². The van der Waals surface area contributed by atoms with E-state index in [1.54, 1.807) is 17.8 Å². The summed E-state index contributed by atoms with van der Waals surface area (Å²) in [5.74, 6) is -0.186. The Balaban J connectivity index is 1.43. The number of carbonyl (C=O) groups is 1. The van der Waals surface area contributed by atoms with Crippen LogP contribution in [0.1, 0.15) is 29.0 Å². The Labute approximate surface area is 175 Å². The predicted octanol–water partition coefficient (Wildman–Crippen LogP) is 2.12. The molecule has 1 aromatic heterocycles. The number of benzene rings is 2. The van der Waals surface area contributed by atoms with Gasteiger partial charge in [-0.25, -0.2) is 0 Å². The van der Waals surface area contributed by atoms with Gasteiger partial charge in [0.25, 0.3) is 5.91 Å². The second-order valence-corrected chi connectivity index (χ2v) is 7.73. The smallest absolute Gasteiger partial charge is 0.270 e. The molecule has 2 aromatic carbocycles. The van der Waals surface area contributed by atoms with Crippen molar-refractivity contribution in [2.24, 2.45) is 7.05 Å². The lowest BCUT2D eigenvalue weighted by Crippen LogP contribution is -2.28. The van der Waals surface area contributed by atoms with E-state index in [2.05, 4.69) is 10.4 Å². The van der Waals surface area contributed by atoms with Gasteiger partial charge in [0.15, 0.2) is 0 Å². The number of anilines is 1. The average molecular weight is 406 g/mol. The van der Waals surface area contributed by atoms with Gasteiger partial charge in [0.1, 0.15) is 5.69 Å². The van der Waals surface area contributed by atoms with E-state index in [4.69, 9.17) is 0 Å². The fraction of sp³-hybridized carbons (Fsp3) is 0.304. The first-order chi connectivity index (χ1) is 14.4. The molecule has 1 fully saturated rings. The first kappa shape index (κ1) is 20.1. The van der Waals surface area contributed by atoms with Crippen LogP contribution in [0.2, 0.25) is 0 Å². The SMILES string of the molecule is C[C@@H](NC(=O)c1cc(-c2ccccc2)nn1C)c1ccc(N2C[C@@H](O)[C@@H](O)C2)cc1. The number of aliphatic hydroxyl groups is 2. The van der Waals surface area contributed by atoms with Crippen molar-refractivity contribution in [3.05, 3.63) is 71.9 Å². The lowest BCUT2D eigenvalue weighted by Gasteiger charge is -2.19. The van der Waals surface area contributed by atoms with Gasteiger partial charge in [-0.15, -0.1) is 0 Å². The highest BCUT2D eigenvalue weighted by atomic mass is 16.3. The van der Waals surface area contributed by atoms with Crippen LogP contribution in [0.15, 0.2) is 60.7 Å². The third-order valence-corrected chi connectivity index (χ3v) is 5.55. The van der Waals surface area contributed by atoms with E-state index < -0.39 is 12.2 Å². The number of hydrogen-bond acceptors (Lipinski definition) is 5. The highest BCUT2D eigenvalue weighted by molar-refractivity contribution is 5.94. The lowest BCUT2D eigenvalue weighted by atomic mass is 10.1. The molecule has 0 spiro atoms. The van der Waals surface area contributed by atoms with E-state index in [0.717, 1.165) is 22.5 Å². The summed E-state index contributed by atoms with van der Waals surface area (Å²) in [6.07, 6.45) is -1.44. The summed E-state index contributed by atoms with van der Waals surface area (Å²) in [6.45, 7) is 2.76. The quantitative estimate of drug-likeness (QED) is 0.604. The Morgan fingerprint density at radius 1 is 1.07 bits per heavy atom. The number of rotatable bonds is 5. The fourth-order valence-corrected chi connectivity index (χ4v) is 3.74. The summed E-state index contributed by atoms with van der Waals surface area (Å²) < 4.78 is 1.59. The number of nitrogens with one attached hydrogen (secondary N) is 1. The van der Waals surface area contributed by atoms with E-state index in [1.807, 2.05) is 66.4 Å². The molecule has 0 unspecified atom stereocenters. The Hall–Kier alpha value is -3.16. The molecular weight excluding hydrogens is 380 g/mol. The van der Waals surface area contributed by atoms with Gasteiger partial charge in [-0.3, -0.25) is 9.48 Å². The van der Waals surface area contributed by atoms with Crippen LogP contribution < -0.4 is 10.2 Å². The Morgan fingerprint density at radius 3 is 2.33 bits per heavy atom. The number of β-amino-alcohol motifs (C(OH)–C–C–N with tert-alkyl or cyclic N) is 2. The normalized spacial score (nSPS) is 19.7. The van der Waals surface area contributed by atoms with E-state index >= 15 is 0 Å². The third-order valence-electron chi connectivity index (χ3n) is 5.55.